The maximum atomic E-state index is 5.90. The molecule has 0 unspecified atom stereocenters. The van der Waals surface area contributed by atoms with Crippen LogP contribution in [-0.4, -0.2) is 0 Å². The SMILES string of the molecule is C=C/C(Cl)=C\C=C(/C)CC1(C)CCC(C)CC1.CC.CC. The van der Waals surface area contributed by atoms with Gasteiger partial charge in [-0.25, -0.2) is 0 Å². The van der Waals surface area contributed by atoms with E-state index in [4.69, 9.17) is 11.6 Å². The molecule has 0 aromatic heterocycles. The van der Waals surface area contributed by atoms with Gasteiger partial charge in [0.2, 0.25) is 0 Å². The molecule has 0 atom stereocenters. The van der Waals surface area contributed by atoms with E-state index >= 15 is 0 Å². The fourth-order valence-corrected chi connectivity index (χ4v) is 2.72. The smallest absolute Gasteiger partial charge is 0.0400 e. The van der Waals surface area contributed by atoms with Crippen LogP contribution in [0, 0.1) is 11.3 Å². The van der Waals surface area contributed by atoms with Crippen LogP contribution in [0.4, 0.5) is 0 Å². The van der Waals surface area contributed by atoms with Gasteiger partial charge in [0.05, 0.1) is 0 Å². The molecule has 1 aliphatic rings. The first-order valence-electron chi connectivity index (χ1n) is 8.60. The summed E-state index contributed by atoms with van der Waals surface area (Å²) < 4.78 is 0. The van der Waals surface area contributed by atoms with E-state index in [0.29, 0.717) is 10.4 Å². The van der Waals surface area contributed by atoms with Crippen molar-refractivity contribution >= 4 is 11.6 Å². The maximum absolute atomic E-state index is 5.90. The van der Waals surface area contributed by atoms with Crippen molar-refractivity contribution in [3.63, 3.8) is 0 Å². The Morgan fingerprint density at radius 1 is 1.14 bits per heavy atom. The zero-order valence-electron chi connectivity index (χ0n) is 15.4. The Hall–Kier alpha value is -0.490. The Morgan fingerprint density at radius 2 is 1.62 bits per heavy atom. The monoisotopic (exact) mass is 312 g/mol. The van der Waals surface area contributed by atoms with Gasteiger partial charge in [-0.1, -0.05) is 90.3 Å². The minimum absolute atomic E-state index is 0.502. The number of rotatable bonds is 4. The summed E-state index contributed by atoms with van der Waals surface area (Å²) >= 11 is 5.90. The van der Waals surface area contributed by atoms with Crippen LogP contribution in [0.5, 0.6) is 0 Å². The van der Waals surface area contributed by atoms with Gasteiger partial charge in [-0.3, -0.25) is 0 Å². The number of allylic oxidation sites excluding steroid dienone is 5. The summed E-state index contributed by atoms with van der Waals surface area (Å²) in [5.74, 6) is 0.919. The van der Waals surface area contributed by atoms with Crippen molar-refractivity contribution < 1.29 is 0 Å². The third-order valence-electron chi connectivity index (χ3n) is 3.91. The van der Waals surface area contributed by atoms with E-state index in [1.165, 1.54) is 37.7 Å². The Morgan fingerprint density at radius 3 is 2.05 bits per heavy atom. The highest BCUT2D eigenvalue weighted by Crippen LogP contribution is 2.42. The fraction of sp³-hybridized carbons (Fsp3) is 0.700. The lowest BCUT2D eigenvalue weighted by molar-refractivity contribution is 0.177. The summed E-state index contributed by atoms with van der Waals surface area (Å²) in [6.45, 7) is 18.6. The van der Waals surface area contributed by atoms with Crippen LogP contribution in [0.3, 0.4) is 0 Å². The van der Waals surface area contributed by atoms with Gasteiger partial charge in [0.25, 0.3) is 0 Å². The number of hydrogen-bond acceptors (Lipinski definition) is 0. The van der Waals surface area contributed by atoms with E-state index in [-0.39, 0.29) is 0 Å². The Bertz CT molecular complexity index is 315. The number of hydrogen-bond donors (Lipinski definition) is 0. The summed E-state index contributed by atoms with van der Waals surface area (Å²) in [5, 5.41) is 0.715. The minimum Gasteiger partial charge on any atom is -0.0976 e. The van der Waals surface area contributed by atoms with E-state index in [1.54, 1.807) is 6.08 Å². The average molecular weight is 313 g/mol. The highest BCUT2D eigenvalue weighted by molar-refractivity contribution is 6.31. The van der Waals surface area contributed by atoms with Gasteiger partial charge in [0.15, 0.2) is 0 Å². The van der Waals surface area contributed by atoms with Crippen molar-refractivity contribution in [3.05, 3.63) is 35.4 Å². The van der Waals surface area contributed by atoms with Crippen molar-refractivity contribution in [1.29, 1.82) is 0 Å². The Labute approximate surface area is 139 Å². The van der Waals surface area contributed by atoms with Crippen LogP contribution in [0.25, 0.3) is 0 Å². The first-order valence-corrected chi connectivity index (χ1v) is 8.98. The van der Waals surface area contributed by atoms with Crippen molar-refractivity contribution in [3.8, 4) is 0 Å². The summed E-state index contributed by atoms with van der Waals surface area (Å²) in [7, 11) is 0. The number of halogens is 1. The molecule has 0 N–H and O–H groups in total. The molecule has 0 aromatic rings. The Kier molecular flexibility index (Phi) is 14.3. The van der Waals surface area contributed by atoms with E-state index in [2.05, 4.69) is 33.4 Å². The summed E-state index contributed by atoms with van der Waals surface area (Å²) in [6.07, 6.45) is 12.4. The molecule has 0 spiro atoms. The van der Waals surface area contributed by atoms with Crippen molar-refractivity contribution in [1.82, 2.24) is 0 Å². The third-order valence-corrected chi connectivity index (χ3v) is 4.19. The first kappa shape index (κ1) is 22.8. The second-order valence-electron chi connectivity index (χ2n) is 5.94. The predicted octanol–water partition coefficient (Wildman–Crippen LogP) is 7.90. The molecule has 0 amide bonds. The topological polar surface area (TPSA) is 0 Å². The van der Waals surface area contributed by atoms with Crippen LogP contribution in [0.15, 0.2) is 35.4 Å². The fourth-order valence-electron chi connectivity index (χ4n) is 2.66. The molecule has 124 valence electrons. The van der Waals surface area contributed by atoms with Crippen molar-refractivity contribution in [2.75, 3.05) is 0 Å². The molecule has 0 heterocycles. The van der Waals surface area contributed by atoms with Gasteiger partial charge >= 0.3 is 0 Å². The Balaban J connectivity index is 0. The van der Waals surface area contributed by atoms with E-state index in [0.717, 1.165) is 5.92 Å². The molecule has 1 heteroatoms. The molecular formula is C20H37Cl. The highest BCUT2D eigenvalue weighted by Gasteiger charge is 2.29. The van der Waals surface area contributed by atoms with Crippen LogP contribution >= 0.6 is 11.6 Å². The zero-order valence-corrected chi connectivity index (χ0v) is 16.2. The lowest BCUT2D eigenvalue weighted by Crippen LogP contribution is -2.23. The quantitative estimate of drug-likeness (QED) is 0.463. The normalized spacial score (nSPS) is 26.0. The molecule has 0 saturated heterocycles. The van der Waals surface area contributed by atoms with Gasteiger partial charge < -0.3 is 0 Å². The van der Waals surface area contributed by atoms with Crippen LogP contribution in [-0.2, 0) is 0 Å². The van der Waals surface area contributed by atoms with Gasteiger partial charge in [0.1, 0.15) is 0 Å². The second-order valence-corrected chi connectivity index (χ2v) is 6.38. The standard InChI is InChI=1S/C16H25Cl.2C2H6/c1-5-15(17)7-6-14(3)12-16(4)10-8-13(2)9-11-16;2*1-2/h5-7,13H,1,8-12H2,2-4H3;2*1-2H3/b14-6+,15-7+;;. The molecule has 0 bridgehead atoms. The lowest BCUT2D eigenvalue weighted by Gasteiger charge is -2.36. The van der Waals surface area contributed by atoms with Crippen molar-refractivity contribution in [2.24, 2.45) is 11.3 Å². The van der Waals surface area contributed by atoms with Crippen LogP contribution < -0.4 is 0 Å². The lowest BCUT2D eigenvalue weighted by atomic mass is 9.69. The minimum atomic E-state index is 0.502. The van der Waals surface area contributed by atoms with Crippen LogP contribution in [0.1, 0.15) is 80.6 Å². The molecule has 21 heavy (non-hydrogen) atoms. The summed E-state index contributed by atoms with van der Waals surface area (Å²) in [5.41, 5.74) is 1.92. The van der Waals surface area contributed by atoms with Gasteiger partial charge in [-0.15, -0.1) is 0 Å². The van der Waals surface area contributed by atoms with E-state index in [1.807, 2.05) is 33.8 Å². The third kappa shape index (κ3) is 10.8. The molecule has 0 aliphatic heterocycles. The summed E-state index contributed by atoms with van der Waals surface area (Å²) in [6, 6.07) is 0. The van der Waals surface area contributed by atoms with Gasteiger partial charge in [-0.2, -0.15) is 0 Å². The molecular weight excluding hydrogens is 276 g/mol. The average Bonchev–Trinajstić information content (AvgIpc) is 2.52. The molecule has 1 aliphatic carbocycles. The molecule has 0 radical (unpaired) electrons. The molecule has 1 saturated carbocycles. The van der Waals surface area contributed by atoms with Gasteiger partial charge in [0, 0.05) is 5.03 Å². The van der Waals surface area contributed by atoms with Gasteiger partial charge in [-0.05, 0) is 43.6 Å². The van der Waals surface area contributed by atoms with E-state index in [9.17, 15) is 0 Å². The molecule has 1 rings (SSSR count). The molecule has 0 nitrogen and oxygen atoms in total. The second kappa shape index (κ2) is 13.2. The molecule has 1 fully saturated rings. The van der Waals surface area contributed by atoms with Crippen molar-refractivity contribution in [2.45, 2.75) is 80.6 Å². The summed E-state index contributed by atoms with van der Waals surface area (Å²) in [4.78, 5) is 0. The maximum Gasteiger partial charge on any atom is 0.0400 e. The first-order chi connectivity index (χ1) is 9.95. The van der Waals surface area contributed by atoms with Crippen LogP contribution in [0.2, 0.25) is 0 Å². The zero-order chi connectivity index (χ0) is 16.9. The highest BCUT2D eigenvalue weighted by atomic mass is 35.5. The largest absolute Gasteiger partial charge is 0.0976 e. The predicted molar refractivity (Wildman–Crippen MR) is 101 cm³/mol. The van der Waals surface area contributed by atoms with E-state index < -0.39 is 0 Å². The molecule has 0 aromatic carbocycles.